The topological polar surface area (TPSA) is 166 Å². The van der Waals surface area contributed by atoms with Crippen LogP contribution < -0.4 is 9.46 Å². The summed E-state index contributed by atoms with van der Waals surface area (Å²) in [6.45, 7) is 3.37. The smallest absolute Gasteiger partial charge is 0.407 e. The number of carbonyl (C=O) groups is 2. The Labute approximate surface area is 239 Å². The first-order valence-electron chi connectivity index (χ1n) is 13.1. The van der Waals surface area contributed by atoms with Crippen molar-refractivity contribution in [3.63, 3.8) is 0 Å². The lowest BCUT2D eigenvalue weighted by Gasteiger charge is -2.22. The van der Waals surface area contributed by atoms with Crippen LogP contribution in [0.5, 0.6) is 5.75 Å². The molecule has 2 aromatic carbocycles. The van der Waals surface area contributed by atoms with Crippen molar-refractivity contribution in [2.75, 3.05) is 25.4 Å². The van der Waals surface area contributed by atoms with E-state index in [1.807, 2.05) is 29.0 Å². The number of pyridine rings is 1. The van der Waals surface area contributed by atoms with E-state index in [1.54, 1.807) is 44.3 Å². The van der Waals surface area contributed by atoms with Gasteiger partial charge in [0.05, 0.1) is 30.1 Å². The molecule has 12 heteroatoms. The highest BCUT2D eigenvalue weighted by Gasteiger charge is 2.21. The van der Waals surface area contributed by atoms with Crippen molar-refractivity contribution in [3.8, 4) is 16.9 Å². The van der Waals surface area contributed by atoms with Gasteiger partial charge in [0, 0.05) is 31.1 Å². The quantitative estimate of drug-likeness (QED) is 0.222. The Morgan fingerprint density at radius 1 is 1.07 bits per heavy atom. The summed E-state index contributed by atoms with van der Waals surface area (Å²) < 4.78 is 32.1. The highest BCUT2D eigenvalue weighted by Crippen LogP contribution is 2.29. The van der Waals surface area contributed by atoms with Crippen LogP contribution in [0.3, 0.4) is 0 Å². The second-order valence-corrected chi connectivity index (χ2v) is 11.5. The number of aromatic nitrogens is 1. The number of benzene rings is 2. The molecule has 2 amide bonds. The lowest BCUT2D eigenvalue weighted by atomic mass is 10.0. The number of carbonyl (C=O) groups excluding carboxylic acids is 1. The van der Waals surface area contributed by atoms with E-state index in [-0.39, 0.29) is 49.3 Å². The zero-order valence-corrected chi connectivity index (χ0v) is 23.8. The van der Waals surface area contributed by atoms with Crippen LogP contribution in [0.1, 0.15) is 47.9 Å². The van der Waals surface area contributed by atoms with Gasteiger partial charge in [0.1, 0.15) is 5.75 Å². The molecule has 0 radical (unpaired) electrons. The predicted octanol–water partition coefficient (Wildman–Crippen LogP) is 3.23. The van der Waals surface area contributed by atoms with Gasteiger partial charge < -0.3 is 25.0 Å². The average Bonchev–Trinajstić information content (AvgIpc) is 2.94. The molecular weight excluding hydrogens is 550 g/mol. The van der Waals surface area contributed by atoms with Gasteiger partial charge in [-0.2, -0.15) is 0 Å². The molecule has 0 saturated carbocycles. The predicted molar refractivity (Wildman–Crippen MR) is 153 cm³/mol. The molecular formula is C29H35N3O8S. The van der Waals surface area contributed by atoms with Gasteiger partial charge in [0.15, 0.2) is 0 Å². The Morgan fingerprint density at radius 2 is 1.78 bits per heavy atom. The van der Waals surface area contributed by atoms with Gasteiger partial charge >= 0.3 is 6.09 Å². The molecule has 0 spiro atoms. The fourth-order valence-corrected chi connectivity index (χ4v) is 5.03. The van der Waals surface area contributed by atoms with Gasteiger partial charge in [-0.25, -0.2) is 17.9 Å². The fraction of sp³-hybridized carbons (Fsp3) is 0.345. The molecule has 220 valence electrons. The Hall–Kier alpha value is -4.00. The average molecular weight is 586 g/mol. The SMILES string of the molecule is CC(C)Oc1cc(-c2ccc(CCN(C[C@@H](O)c3cccnc3)C(=O)O)cc2)ccc1C(=O)NS(=O)(=O)CCCO. The molecule has 41 heavy (non-hydrogen) atoms. The molecule has 3 aromatic rings. The molecule has 1 aromatic heterocycles. The van der Waals surface area contributed by atoms with Gasteiger partial charge in [-0.05, 0) is 61.6 Å². The fourth-order valence-electron chi connectivity index (χ4n) is 4.02. The van der Waals surface area contributed by atoms with E-state index in [2.05, 4.69) is 4.98 Å². The van der Waals surface area contributed by atoms with Crippen molar-refractivity contribution in [3.05, 3.63) is 83.7 Å². The summed E-state index contributed by atoms with van der Waals surface area (Å²) in [5.74, 6) is -0.979. The van der Waals surface area contributed by atoms with E-state index in [0.29, 0.717) is 12.0 Å². The van der Waals surface area contributed by atoms with Crippen LogP contribution in [0.25, 0.3) is 11.1 Å². The number of ether oxygens (including phenoxy) is 1. The van der Waals surface area contributed by atoms with Gasteiger partial charge in [-0.1, -0.05) is 36.4 Å². The lowest BCUT2D eigenvalue weighted by molar-refractivity contribution is 0.0969. The zero-order chi connectivity index (χ0) is 30.0. The van der Waals surface area contributed by atoms with Crippen molar-refractivity contribution in [1.29, 1.82) is 0 Å². The maximum Gasteiger partial charge on any atom is 0.407 e. The summed E-state index contributed by atoms with van der Waals surface area (Å²) in [4.78, 5) is 29.6. The third-order valence-electron chi connectivity index (χ3n) is 6.10. The molecule has 1 heterocycles. The number of nitrogens with one attached hydrogen (secondary N) is 1. The van der Waals surface area contributed by atoms with Crippen LogP contribution >= 0.6 is 0 Å². The summed E-state index contributed by atoms with van der Waals surface area (Å²) in [5, 5.41) is 28.9. The first-order valence-corrected chi connectivity index (χ1v) is 14.8. The van der Waals surface area contributed by atoms with Crippen molar-refractivity contribution in [2.45, 2.75) is 38.9 Å². The second kappa shape index (κ2) is 14.6. The van der Waals surface area contributed by atoms with Crippen LogP contribution in [0.15, 0.2) is 67.0 Å². The number of nitrogens with zero attached hydrogens (tertiary/aromatic N) is 2. The Balaban J connectivity index is 1.71. The third kappa shape index (κ3) is 9.55. The second-order valence-electron chi connectivity index (χ2n) is 9.68. The Kier molecular flexibility index (Phi) is 11.2. The van der Waals surface area contributed by atoms with E-state index in [9.17, 15) is 28.2 Å². The monoisotopic (exact) mass is 585 g/mol. The molecule has 0 aliphatic heterocycles. The molecule has 11 nitrogen and oxygen atoms in total. The van der Waals surface area contributed by atoms with Gasteiger partial charge in [0.25, 0.3) is 5.91 Å². The molecule has 1 atom stereocenters. The number of carboxylic acid groups (broad SMARTS) is 1. The minimum absolute atomic E-state index is 0.00852. The standard InChI is InChI=1S/C29H35N3O8S/c1-20(2)40-27-17-23(10-11-25(27)28(35)31-41(38,39)16-4-15-33)22-8-6-21(7-9-22)12-14-32(29(36)37)19-26(34)24-5-3-13-30-18-24/h3,5-11,13,17-18,20,26,33-34H,4,12,14-16,19H2,1-2H3,(H,31,35)(H,36,37)/t26-/m1/s1. The van der Waals surface area contributed by atoms with E-state index in [4.69, 9.17) is 9.84 Å². The maximum atomic E-state index is 12.7. The van der Waals surface area contributed by atoms with Crippen LogP contribution in [-0.2, 0) is 16.4 Å². The highest BCUT2D eigenvalue weighted by atomic mass is 32.2. The van der Waals surface area contributed by atoms with Crippen LogP contribution in [0.2, 0.25) is 0 Å². The summed E-state index contributed by atoms with van der Waals surface area (Å²) in [6, 6.07) is 15.7. The van der Waals surface area contributed by atoms with Gasteiger partial charge in [0.2, 0.25) is 10.0 Å². The molecule has 0 fully saturated rings. The Bertz CT molecular complexity index is 1410. The number of aliphatic hydroxyl groups excluding tert-OH is 2. The molecule has 0 unspecified atom stereocenters. The minimum atomic E-state index is -3.91. The van der Waals surface area contributed by atoms with Gasteiger partial charge in [-0.15, -0.1) is 0 Å². The van der Waals surface area contributed by atoms with E-state index >= 15 is 0 Å². The number of hydrogen-bond donors (Lipinski definition) is 4. The normalized spacial score (nSPS) is 12.1. The molecule has 0 saturated heterocycles. The minimum Gasteiger partial charge on any atom is -0.490 e. The molecule has 0 bridgehead atoms. The van der Waals surface area contributed by atoms with Crippen molar-refractivity contribution >= 4 is 22.0 Å². The van der Waals surface area contributed by atoms with E-state index in [0.717, 1.165) is 21.6 Å². The molecule has 0 aliphatic carbocycles. The number of sulfonamides is 1. The van der Waals surface area contributed by atoms with Crippen molar-refractivity contribution < 1.29 is 38.1 Å². The molecule has 3 rings (SSSR count). The van der Waals surface area contributed by atoms with Gasteiger partial charge in [-0.3, -0.25) is 9.78 Å². The number of rotatable bonds is 14. The summed E-state index contributed by atoms with van der Waals surface area (Å²) in [5.41, 5.74) is 3.04. The lowest BCUT2D eigenvalue weighted by Crippen LogP contribution is -2.35. The van der Waals surface area contributed by atoms with E-state index in [1.165, 1.54) is 12.3 Å². The third-order valence-corrected chi connectivity index (χ3v) is 7.42. The van der Waals surface area contributed by atoms with E-state index < -0.39 is 28.1 Å². The Morgan fingerprint density at radius 3 is 2.39 bits per heavy atom. The first-order chi connectivity index (χ1) is 19.5. The number of amides is 2. The van der Waals surface area contributed by atoms with Crippen molar-refractivity contribution in [2.24, 2.45) is 0 Å². The van der Waals surface area contributed by atoms with Crippen LogP contribution in [0, 0.1) is 0 Å². The summed E-state index contributed by atoms with van der Waals surface area (Å²) in [7, 11) is -3.91. The highest BCUT2D eigenvalue weighted by molar-refractivity contribution is 7.90. The number of hydrogen-bond acceptors (Lipinski definition) is 8. The zero-order valence-electron chi connectivity index (χ0n) is 22.9. The molecule has 4 N–H and O–H groups in total. The summed E-state index contributed by atoms with van der Waals surface area (Å²) in [6.07, 6.45) is 1.11. The number of aliphatic hydroxyl groups is 2. The van der Waals surface area contributed by atoms with Crippen LogP contribution in [-0.4, -0.2) is 77.2 Å². The van der Waals surface area contributed by atoms with Crippen LogP contribution in [0.4, 0.5) is 4.79 Å². The largest absolute Gasteiger partial charge is 0.490 e. The first kappa shape index (κ1) is 31.5. The van der Waals surface area contributed by atoms with Crippen molar-refractivity contribution in [1.82, 2.24) is 14.6 Å². The summed E-state index contributed by atoms with van der Waals surface area (Å²) >= 11 is 0. The molecule has 0 aliphatic rings. The maximum absolute atomic E-state index is 12.7.